The van der Waals surface area contributed by atoms with Crippen LogP contribution in [0.5, 0.6) is 0 Å². The number of hydrogen-bond acceptors (Lipinski definition) is 5. The summed E-state index contributed by atoms with van der Waals surface area (Å²) in [6.07, 6.45) is 1.97. The Balaban J connectivity index is 3.73. The number of ether oxygens (including phenoxy) is 2. The Labute approximate surface area is 139 Å². The highest BCUT2D eigenvalue weighted by Crippen LogP contribution is 2.19. The summed E-state index contributed by atoms with van der Waals surface area (Å²) in [7, 11) is 0. The molecule has 0 aromatic rings. The quantitative estimate of drug-likeness (QED) is 0.421. The molecule has 6 nitrogen and oxygen atoms in total. The summed E-state index contributed by atoms with van der Waals surface area (Å²) >= 11 is 0. The molecule has 6 heteroatoms. The van der Waals surface area contributed by atoms with Crippen molar-refractivity contribution in [3.63, 3.8) is 0 Å². The Hall–Kier alpha value is -1.59. The van der Waals surface area contributed by atoms with Crippen LogP contribution >= 0.6 is 0 Å². The third kappa shape index (κ3) is 12.6. The van der Waals surface area contributed by atoms with Gasteiger partial charge < -0.3 is 14.8 Å². The zero-order valence-electron chi connectivity index (χ0n) is 15.3. The minimum Gasteiger partial charge on any atom is -0.428 e. The van der Waals surface area contributed by atoms with Gasteiger partial charge in [-0.3, -0.25) is 14.4 Å². The highest BCUT2D eigenvalue weighted by Gasteiger charge is 2.23. The van der Waals surface area contributed by atoms with E-state index in [2.05, 4.69) is 26.1 Å². The minimum absolute atomic E-state index is 0.0296. The Morgan fingerprint density at radius 1 is 0.913 bits per heavy atom. The molecule has 0 rings (SSSR count). The molecule has 0 atom stereocenters. The SMILES string of the molecule is CC(C)(C)CCCNC(=O)CCC(=O)OCOC(=O)C(C)(C)C. The van der Waals surface area contributed by atoms with Gasteiger partial charge in [0.15, 0.2) is 0 Å². The molecule has 0 aromatic heterocycles. The van der Waals surface area contributed by atoms with Crippen LogP contribution in [0.1, 0.15) is 67.2 Å². The van der Waals surface area contributed by atoms with Gasteiger partial charge in [-0.25, -0.2) is 0 Å². The molecular weight excluding hydrogens is 298 g/mol. The van der Waals surface area contributed by atoms with E-state index in [9.17, 15) is 14.4 Å². The first kappa shape index (κ1) is 21.4. The van der Waals surface area contributed by atoms with Crippen LogP contribution in [0.25, 0.3) is 0 Å². The van der Waals surface area contributed by atoms with Gasteiger partial charge in [0.25, 0.3) is 0 Å². The summed E-state index contributed by atoms with van der Waals surface area (Å²) in [5, 5.41) is 2.77. The predicted octanol–water partition coefficient (Wildman–Crippen LogP) is 2.80. The van der Waals surface area contributed by atoms with Crippen LogP contribution in [0.4, 0.5) is 0 Å². The molecule has 0 aliphatic carbocycles. The van der Waals surface area contributed by atoms with Crippen LogP contribution < -0.4 is 5.32 Å². The lowest BCUT2D eigenvalue weighted by Gasteiger charge is -2.17. The number of carbonyl (C=O) groups excluding carboxylic acids is 3. The molecule has 0 spiro atoms. The second-order valence-electron chi connectivity index (χ2n) is 7.83. The molecule has 1 amide bonds. The lowest BCUT2D eigenvalue weighted by atomic mass is 9.91. The van der Waals surface area contributed by atoms with Gasteiger partial charge >= 0.3 is 11.9 Å². The maximum absolute atomic E-state index is 11.6. The molecule has 0 bridgehead atoms. The molecule has 0 saturated heterocycles. The van der Waals surface area contributed by atoms with E-state index in [0.29, 0.717) is 6.54 Å². The van der Waals surface area contributed by atoms with Crippen molar-refractivity contribution in [2.75, 3.05) is 13.3 Å². The molecule has 0 aliphatic heterocycles. The molecule has 0 heterocycles. The molecule has 0 aromatic carbocycles. The first-order valence-corrected chi connectivity index (χ1v) is 8.01. The van der Waals surface area contributed by atoms with Gasteiger partial charge in [0.05, 0.1) is 11.8 Å². The van der Waals surface area contributed by atoms with Crippen molar-refractivity contribution in [1.82, 2.24) is 5.32 Å². The highest BCUT2D eigenvalue weighted by molar-refractivity contribution is 5.81. The topological polar surface area (TPSA) is 81.7 Å². The third-order valence-corrected chi connectivity index (χ3v) is 3.00. The van der Waals surface area contributed by atoms with E-state index >= 15 is 0 Å². The van der Waals surface area contributed by atoms with Crippen LogP contribution in [0.15, 0.2) is 0 Å². The largest absolute Gasteiger partial charge is 0.428 e. The van der Waals surface area contributed by atoms with Crippen molar-refractivity contribution >= 4 is 17.8 Å². The molecule has 0 fully saturated rings. The fourth-order valence-corrected chi connectivity index (χ4v) is 1.59. The van der Waals surface area contributed by atoms with Crippen molar-refractivity contribution in [3.8, 4) is 0 Å². The van der Waals surface area contributed by atoms with E-state index in [4.69, 9.17) is 9.47 Å². The highest BCUT2D eigenvalue weighted by atomic mass is 16.7. The predicted molar refractivity (Wildman–Crippen MR) is 87.4 cm³/mol. The van der Waals surface area contributed by atoms with Gasteiger partial charge in [0.2, 0.25) is 12.7 Å². The van der Waals surface area contributed by atoms with E-state index in [-0.39, 0.29) is 24.2 Å². The Kier molecular flexibility index (Phi) is 8.87. The van der Waals surface area contributed by atoms with Crippen molar-refractivity contribution in [3.05, 3.63) is 0 Å². The van der Waals surface area contributed by atoms with Crippen LogP contribution in [-0.2, 0) is 23.9 Å². The van der Waals surface area contributed by atoms with Gasteiger partial charge in [0.1, 0.15) is 0 Å². The van der Waals surface area contributed by atoms with Gasteiger partial charge in [-0.15, -0.1) is 0 Å². The number of hydrogen-bond donors (Lipinski definition) is 1. The summed E-state index contributed by atoms with van der Waals surface area (Å²) in [5.74, 6) is -1.18. The normalized spacial score (nSPS) is 11.7. The lowest BCUT2D eigenvalue weighted by molar-refractivity contribution is -0.173. The van der Waals surface area contributed by atoms with Crippen molar-refractivity contribution in [1.29, 1.82) is 0 Å². The Morgan fingerprint density at radius 2 is 1.52 bits per heavy atom. The fraction of sp³-hybridized carbons (Fsp3) is 0.824. The molecule has 0 saturated carbocycles. The standard InChI is InChI=1S/C17H31NO5/c1-16(2,3)10-7-11-18-13(19)8-9-14(20)22-12-23-15(21)17(4,5)6/h7-12H2,1-6H3,(H,18,19). The van der Waals surface area contributed by atoms with Crippen molar-refractivity contribution < 1.29 is 23.9 Å². The van der Waals surface area contributed by atoms with Gasteiger partial charge in [-0.1, -0.05) is 20.8 Å². The monoisotopic (exact) mass is 329 g/mol. The summed E-state index contributed by atoms with van der Waals surface area (Å²) in [6, 6.07) is 0. The van der Waals surface area contributed by atoms with Crippen LogP contribution in [0.2, 0.25) is 0 Å². The maximum atomic E-state index is 11.6. The number of nitrogens with one attached hydrogen (secondary N) is 1. The first-order valence-electron chi connectivity index (χ1n) is 8.01. The molecular formula is C17H31NO5. The number of rotatable bonds is 8. The Morgan fingerprint density at radius 3 is 2.04 bits per heavy atom. The number of amides is 1. The fourth-order valence-electron chi connectivity index (χ4n) is 1.59. The van der Waals surface area contributed by atoms with Crippen molar-refractivity contribution in [2.45, 2.75) is 67.2 Å². The van der Waals surface area contributed by atoms with Crippen molar-refractivity contribution in [2.24, 2.45) is 10.8 Å². The number of carbonyl (C=O) groups is 3. The average molecular weight is 329 g/mol. The molecule has 0 aliphatic rings. The molecule has 134 valence electrons. The zero-order valence-corrected chi connectivity index (χ0v) is 15.3. The second kappa shape index (κ2) is 9.53. The minimum atomic E-state index is -0.640. The zero-order chi connectivity index (χ0) is 18.1. The van der Waals surface area contributed by atoms with Crippen LogP contribution in [0, 0.1) is 10.8 Å². The number of esters is 2. The lowest BCUT2D eigenvalue weighted by Crippen LogP contribution is -2.26. The van der Waals surface area contributed by atoms with E-state index in [0.717, 1.165) is 12.8 Å². The summed E-state index contributed by atoms with van der Waals surface area (Å²) in [6.45, 7) is 11.8. The average Bonchev–Trinajstić information content (AvgIpc) is 2.39. The van der Waals surface area contributed by atoms with Crippen LogP contribution in [0.3, 0.4) is 0 Å². The van der Waals surface area contributed by atoms with E-state index in [1.54, 1.807) is 20.8 Å². The summed E-state index contributed by atoms with van der Waals surface area (Å²) < 4.78 is 9.58. The Bertz CT molecular complexity index is 404. The summed E-state index contributed by atoms with van der Waals surface area (Å²) in [5.41, 5.74) is -0.391. The molecule has 0 unspecified atom stereocenters. The second-order valence-corrected chi connectivity index (χ2v) is 7.83. The van der Waals surface area contributed by atoms with E-state index in [1.165, 1.54) is 0 Å². The third-order valence-electron chi connectivity index (χ3n) is 3.00. The molecule has 1 N–H and O–H groups in total. The van der Waals surface area contributed by atoms with E-state index < -0.39 is 24.1 Å². The van der Waals surface area contributed by atoms with Gasteiger partial charge in [-0.2, -0.15) is 0 Å². The van der Waals surface area contributed by atoms with E-state index in [1.807, 2.05) is 0 Å². The molecule has 0 radical (unpaired) electrons. The maximum Gasteiger partial charge on any atom is 0.314 e. The van der Waals surface area contributed by atoms with Gasteiger partial charge in [0, 0.05) is 13.0 Å². The van der Waals surface area contributed by atoms with Crippen LogP contribution in [-0.4, -0.2) is 31.2 Å². The first-order chi connectivity index (χ1) is 10.4. The molecule has 23 heavy (non-hydrogen) atoms. The van der Waals surface area contributed by atoms with Gasteiger partial charge in [-0.05, 0) is 39.0 Å². The summed E-state index contributed by atoms with van der Waals surface area (Å²) in [4.78, 5) is 34.5. The smallest absolute Gasteiger partial charge is 0.314 e.